The molecule has 14 heavy (non-hydrogen) atoms. The smallest absolute Gasteiger partial charge is 0.108 e. The Hall–Kier alpha value is -0.930. The molecular weight excluding hydrogens is 192 g/mol. The van der Waals surface area contributed by atoms with Crippen LogP contribution in [-0.2, 0) is 6.54 Å². The first kappa shape index (κ1) is 9.62. The summed E-state index contributed by atoms with van der Waals surface area (Å²) in [4.78, 5) is 5.86. The number of allylic oxidation sites excluding steroid dienone is 2. The summed E-state index contributed by atoms with van der Waals surface area (Å²) >= 11 is 1.77. The van der Waals surface area contributed by atoms with Gasteiger partial charge in [-0.1, -0.05) is 11.6 Å². The molecule has 2 rings (SSSR count). The van der Waals surface area contributed by atoms with Gasteiger partial charge in [-0.2, -0.15) is 0 Å². The number of hydrogen-bond donors (Lipinski definition) is 1. The van der Waals surface area contributed by atoms with Crippen molar-refractivity contribution in [2.24, 2.45) is 0 Å². The van der Waals surface area contributed by atoms with Crippen LogP contribution in [0.15, 0.2) is 11.6 Å². The molecule has 1 N–H and O–H groups in total. The van der Waals surface area contributed by atoms with E-state index in [1.807, 2.05) is 7.05 Å². The van der Waals surface area contributed by atoms with Gasteiger partial charge in [0.1, 0.15) is 5.01 Å². The summed E-state index contributed by atoms with van der Waals surface area (Å²) in [6, 6.07) is 0. The Morgan fingerprint density at radius 2 is 2.43 bits per heavy atom. The predicted octanol–water partition coefficient (Wildman–Crippen LogP) is 2.68. The summed E-state index contributed by atoms with van der Waals surface area (Å²) in [6.07, 6.45) is 7.62. The van der Waals surface area contributed by atoms with Gasteiger partial charge in [-0.3, -0.25) is 0 Å². The zero-order chi connectivity index (χ0) is 9.97. The van der Waals surface area contributed by atoms with Crippen LogP contribution in [0.1, 0.15) is 28.9 Å². The van der Waals surface area contributed by atoms with Crippen molar-refractivity contribution in [3.8, 4) is 0 Å². The number of aromatic nitrogens is 1. The topological polar surface area (TPSA) is 24.9 Å². The molecule has 0 amide bonds. The number of rotatable bonds is 2. The average Bonchev–Trinajstić information content (AvgIpc) is 2.41. The van der Waals surface area contributed by atoms with Gasteiger partial charge in [-0.25, -0.2) is 4.98 Å². The lowest BCUT2D eigenvalue weighted by molar-refractivity contribution is 0.809. The summed E-state index contributed by atoms with van der Waals surface area (Å²) in [7, 11) is 1.95. The van der Waals surface area contributed by atoms with Gasteiger partial charge >= 0.3 is 0 Å². The third kappa shape index (κ3) is 1.94. The Bertz CT molecular complexity index is 388. The molecule has 0 saturated carbocycles. The van der Waals surface area contributed by atoms with Crippen molar-refractivity contribution < 1.29 is 0 Å². The minimum atomic E-state index is 0.860. The Morgan fingerprint density at radius 3 is 3.21 bits per heavy atom. The molecule has 0 bridgehead atoms. The van der Waals surface area contributed by atoms with E-state index in [1.165, 1.54) is 10.5 Å². The van der Waals surface area contributed by atoms with Gasteiger partial charge in [0.25, 0.3) is 0 Å². The maximum Gasteiger partial charge on any atom is 0.108 e. The van der Waals surface area contributed by atoms with E-state index in [9.17, 15) is 0 Å². The maximum atomic E-state index is 4.58. The van der Waals surface area contributed by atoms with E-state index in [2.05, 4.69) is 35.5 Å². The lowest BCUT2D eigenvalue weighted by Crippen LogP contribution is -2.04. The number of thiazole rings is 1. The Morgan fingerprint density at radius 1 is 1.57 bits per heavy atom. The molecule has 0 unspecified atom stereocenters. The SMILES string of the molecule is CNCc1nc2c(s1)C=CCC(C)=C2. The van der Waals surface area contributed by atoms with Gasteiger partial charge in [-0.15, -0.1) is 11.3 Å². The van der Waals surface area contributed by atoms with E-state index in [4.69, 9.17) is 0 Å². The third-order valence-corrected chi connectivity index (χ3v) is 3.18. The highest BCUT2D eigenvalue weighted by molar-refractivity contribution is 7.12. The van der Waals surface area contributed by atoms with Crippen LogP contribution in [0.4, 0.5) is 0 Å². The van der Waals surface area contributed by atoms with E-state index in [0.29, 0.717) is 0 Å². The number of nitrogens with zero attached hydrogens (tertiary/aromatic N) is 1. The molecule has 2 nitrogen and oxygen atoms in total. The number of hydrogen-bond acceptors (Lipinski definition) is 3. The van der Waals surface area contributed by atoms with Gasteiger partial charge < -0.3 is 5.32 Å². The molecule has 0 aliphatic heterocycles. The Kier molecular flexibility index (Phi) is 2.79. The highest BCUT2D eigenvalue weighted by Gasteiger charge is 2.08. The van der Waals surface area contributed by atoms with Crippen molar-refractivity contribution in [2.45, 2.75) is 19.9 Å². The number of fused-ring (bicyclic) bond motifs is 1. The first-order valence-electron chi connectivity index (χ1n) is 4.77. The van der Waals surface area contributed by atoms with Crippen LogP contribution in [0.3, 0.4) is 0 Å². The molecule has 1 aliphatic carbocycles. The molecule has 0 saturated heterocycles. The second kappa shape index (κ2) is 4.07. The quantitative estimate of drug-likeness (QED) is 0.804. The van der Waals surface area contributed by atoms with Crippen molar-refractivity contribution in [3.05, 3.63) is 27.2 Å². The molecule has 1 heterocycles. The van der Waals surface area contributed by atoms with E-state index in [1.54, 1.807) is 11.3 Å². The minimum Gasteiger partial charge on any atom is -0.314 e. The second-order valence-corrected chi connectivity index (χ2v) is 4.60. The van der Waals surface area contributed by atoms with E-state index in [-0.39, 0.29) is 0 Å². The first-order valence-corrected chi connectivity index (χ1v) is 5.59. The molecule has 3 heteroatoms. The fourth-order valence-corrected chi connectivity index (χ4v) is 2.47. The molecule has 0 aromatic carbocycles. The van der Waals surface area contributed by atoms with Crippen molar-refractivity contribution in [1.82, 2.24) is 10.3 Å². The van der Waals surface area contributed by atoms with Crippen molar-refractivity contribution in [3.63, 3.8) is 0 Å². The van der Waals surface area contributed by atoms with Crippen molar-refractivity contribution in [2.75, 3.05) is 7.05 Å². The Labute approximate surface area is 88.4 Å². The fourth-order valence-electron chi connectivity index (χ4n) is 1.49. The van der Waals surface area contributed by atoms with Gasteiger partial charge in [0.15, 0.2) is 0 Å². The van der Waals surface area contributed by atoms with Crippen molar-refractivity contribution >= 4 is 23.5 Å². The van der Waals surface area contributed by atoms with E-state index < -0.39 is 0 Å². The first-order chi connectivity index (χ1) is 6.79. The van der Waals surface area contributed by atoms with Gasteiger partial charge in [-0.05, 0) is 32.5 Å². The summed E-state index contributed by atoms with van der Waals surface area (Å²) < 4.78 is 0. The lowest BCUT2D eigenvalue weighted by atomic mass is 10.2. The molecule has 0 fully saturated rings. The monoisotopic (exact) mass is 206 g/mol. The summed E-state index contributed by atoms with van der Waals surface area (Å²) in [6.45, 7) is 3.01. The van der Waals surface area contributed by atoms with Crippen LogP contribution >= 0.6 is 11.3 Å². The number of nitrogens with one attached hydrogen (secondary N) is 1. The minimum absolute atomic E-state index is 0.860. The summed E-state index contributed by atoms with van der Waals surface area (Å²) in [5, 5.41) is 4.28. The normalized spacial score (nSPS) is 14.9. The summed E-state index contributed by atoms with van der Waals surface area (Å²) in [5.41, 5.74) is 2.51. The Balaban J connectivity index is 2.36. The van der Waals surface area contributed by atoms with Crippen molar-refractivity contribution in [1.29, 1.82) is 0 Å². The summed E-state index contributed by atoms with van der Waals surface area (Å²) in [5.74, 6) is 0. The van der Waals surface area contributed by atoms with Gasteiger partial charge in [0, 0.05) is 6.54 Å². The van der Waals surface area contributed by atoms with E-state index in [0.717, 1.165) is 23.7 Å². The standard InChI is InChI=1S/C11H14N2S/c1-8-4-3-5-10-9(6-8)13-11(14-10)7-12-2/h3,5-6,12H,4,7H2,1-2H3. The molecule has 1 aromatic heterocycles. The fraction of sp³-hybridized carbons (Fsp3) is 0.364. The van der Waals surface area contributed by atoms with Crippen LogP contribution in [-0.4, -0.2) is 12.0 Å². The maximum absolute atomic E-state index is 4.58. The highest BCUT2D eigenvalue weighted by atomic mass is 32.1. The van der Waals surface area contributed by atoms with Crippen LogP contribution in [0.25, 0.3) is 12.2 Å². The van der Waals surface area contributed by atoms with Gasteiger partial charge in [0.2, 0.25) is 0 Å². The average molecular weight is 206 g/mol. The molecule has 1 aromatic rings. The predicted molar refractivity (Wildman–Crippen MR) is 62.2 cm³/mol. The molecule has 74 valence electrons. The van der Waals surface area contributed by atoms with Crippen LogP contribution < -0.4 is 5.32 Å². The van der Waals surface area contributed by atoms with Crippen LogP contribution in [0.5, 0.6) is 0 Å². The third-order valence-electron chi connectivity index (χ3n) is 2.15. The largest absolute Gasteiger partial charge is 0.314 e. The molecule has 1 aliphatic rings. The van der Waals surface area contributed by atoms with E-state index >= 15 is 0 Å². The molecule has 0 radical (unpaired) electrons. The highest BCUT2D eigenvalue weighted by Crippen LogP contribution is 2.26. The lowest BCUT2D eigenvalue weighted by Gasteiger charge is -1.92. The zero-order valence-electron chi connectivity index (χ0n) is 8.50. The second-order valence-electron chi connectivity index (χ2n) is 3.48. The molecule has 0 atom stereocenters. The zero-order valence-corrected chi connectivity index (χ0v) is 9.32. The van der Waals surface area contributed by atoms with Crippen LogP contribution in [0.2, 0.25) is 0 Å². The van der Waals surface area contributed by atoms with Gasteiger partial charge in [0.05, 0.1) is 10.6 Å². The molecule has 0 spiro atoms. The van der Waals surface area contributed by atoms with Crippen LogP contribution in [0, 0.1) is 0 Å². The molecular formula is C11H14N2S.